The Morgan fingerprint density at radius 2 is 1.93 bits per heavy atom. The molecule has 0 N–H and O–H groups in total. The van der Waals surface area contributed by atoms with E-state index in [2.05, 4.69) is 57.1 Å². The third-order valence-corrected chi connectivity index (χ3v) is 3.12. The van der Waals surface area contributed by atoms with Crippen molar-refractivity contribution in [2.45, 2.75) is 20.3 Å². The molecule has 0 saturated heterocycles. The van der Waals surface area contributed by atoms with Crippen LogP contribution in [0.4, 0.5) is 5.69 Å². The predicted molar refractivity (Wildman–Crippen MR) is 67.3 cm³/mol. The maximum atomic E-state index is 2.35. The van der Waals surface area contributed by atoms with Gasteiger partial charge in [0.15, 0.2) is 0 Å². The molecule has 0 amide bonds. The van der Waals surface area contributed by atoms with E-state index in [0.717, 1.165) is 6.42 Å². The molecule has 0 atom stereocenters. The number of fused-ring (bicyclic) bond motifs is 1. The summed E-state index contributed by atoms with van der Waals surface area (Å²) in [6, 6.07) is 6.75. The van der Waals surface area contributed by atoms with Crippen LogP contribution in [0.5, 0.6) is 0 Å². The van der Waals surface area contributed by atoms with E-state index in [-0.39, 0.29) is 0 Å². The third kappa shape index (κ3) is 1.92. The number of benzene rings is 1. The zero-order valence-corrected chi connectivity index (χ0v) is 10.0. The Morgan fingerprint density at radius 3 is 2.53 bits per heavy atom. The lowest BCUT2D eigenvalue weighted by Gasteiger charge is -2.13. The molecule has 0 radical (unpaired) electrons. The molecule has 0 aliphatic heterocycles. The zero-order chi connectivity index (χ0) is 11.0. The molecule has 0 unspecified atom stereocenters. The average molecular weight is 201 g/mol. The van der Waals surface area contributed by atoms with Gasteiger partial charge in [0.2, 0.25) is 0 Å². The van der Waals surface area contributed by atoms with Crippen LogP contribution in [-0.4, -0.2) is 14.1 Å². The van der Waals surface area contributed by atoms with Gasteiger partial charge in [0.05, 0.1) is 0 Å². The van der Waals surface area contributed by atoms with Crippen LogP contribution in [0, 0.1) is 5.92 Å². The molecule has 1 aliphatic rings. The van der Waals surface area contributed by atoms with Gasteiger partial charge in [0, 0.05) is 19.8 Å². The minimum atomic E-state index is 0.667. The van der Waals surface area contributed by atoms with Crippen LogP contribution in [0.15, 0.2) is 23.8 Å². The summed E-state index contributed by atoms with van der Waals surface area (Å²) in [5, 5.41) is 0. The van der Waals surface area contributed by atoms with E-state index in [1.807, 2.05) is 0 Å². The molecule has 1 nitrogen and oxygen atoms in total. The number of anilines is 1. The minimum absolute atomic E-state index is 0.667. The molecule has 0 aromatic heterocycles. The number of rotatable bonds is 2. The molecule has 1 heteroatoms. The molecular formula is C14H19N. The summed E-state index contributed by atoms with van der Waals surface area (Å²) in [7, 11) is 4.17. The Bertz CT molecular complexity index is 400. The third-order valence-electron chi connectivity index (χ3n) is 3.12. The van der Waals surface area contributed by atoms with Crippen LogP contribution in [0.25, 0.3) is 6.08 Å². The predicted octanol–water partition coefficient (Wildman–Crippen LogP) is 3.35. The molecule has 1 aromatic carbocycles. The van der Waals surface area contributed by atoms with Crippen LogP contribution in [0.1, 0.15) is 25.0 Å². The molecule has 0 heterocycles. The summed E-state index contributed by atoms with van der Waals surface area (Å²) in [5.74, 6) is 0.667. The molecule has 80 valence electrons. The largest absolute Gasteiger partial charge is 0.378 e. The van der Waals surface area contributed by atoms with Gasteiger partial charge >= 0.3 is 0 Å². The number of allylic oxidation sites excluding steroid dienone is 1. The lowest BCUT2D eigenvalue weighted by Crippen LogP contribution is -2.08. The second-order valence-electron chi connectivity index (χ2n) is 4.83. The number of hydrogen-bond acceptors (Lipinski definition) is 1. The standard InChI is InChI=1S/C14H19N/c1-10(2)12-7-11-5-6-14(15(3)4)9-13(11)8-12/h5-6,8-10H,7H2,1-4H3. The molecule has 2 rings (SSSR count). The van der Waals surface area contributed by atoms with Gasteiger partial charge in [-0.25, -0.2) is 0 Å². The van der Waals surface area contributed by atoms with E-state index in [9.17, 15) is 0 Å². The minimum Gasteiger partial charge on any atom is -0.378 e. The maximum Gasteiger partial charge on any atom is 0.0367 e. The Kier molecular flexibility index (Phi) is 2.56. The molecule has 0 spiro atoms. The van der Waals surface area contributed by atoms with Gasteiger partial charge < -0.3 is 4.90 Å². The quantitative estimate of drug-likeness (QED) is 0.709. The summed E-state index contributed by atoms with van der Waals surface area (Å²) in [6.07, 6.45) is 3.49. The average Bonchev–Trinajstić information content (AvgIpc) is 2.59. The molecule has 0 bridgehead atoms. The highest BCUT2D eigenvalue weighted by Crippen LogP contribution is 2.31. The van der Waals surface area contributed by atoms with Gasteiger partial charge in [0.1, 0.15) is 0 Å². The van der Waals surface area contributed by atoms with E-state index in [1.165, 1.54) is 16.8 Å². The lowest BCUT2D eigenvalue weighted by molar-refractivity contribution is 0.754. The van der Waals surface area contributed by atoms with Gasteiger partial charge in [-0.3, -0.25) is 0 Å². The topological polar surface area (TPSA) is 3.24 Å². The van der Waals surface area contributed by atoms with Crippen molar-refractivity contribution in [2.75, 3.05) is 19.0 Å². The van der Waals surface area contributed by atoms with Crippen molar-refractivity contribution in [3.05, 3.63) is 34.9 Å². The Labute approximate surface area is 92.4 Å². The number of nitrogens with zero attached hydrogens (tertiary/aromatic N) is 1. The van der Waals surface area contributed by atoms with E-state index in [0.29, 0.717) is 5.92 Å². The first kappa shape index (κ1) is 10.3. The normalized spacial score (nSPS) is 14.1. The van der Waals surface area contributed by atoms with Gasteiger partial charge in [-0.1, -0.05) is 31.6 Å². The van der Waals surface area contributed by atoms with Crippen LogP contribution in [-0.2, 0) is 6.42 Å². The lowest BCUT2D eigenvalue weighted by atomic mass is 10.0. The number of hydrogen-bond donors (Lipinski definition) is 0. The second-order valence-corrected chi connectivity index (χ2v) is 4.83. The van der Waals surface area contributed by atoms with E-state index >= 15 is 0 Å². The molecule has 0 saturated carbocycles. The fourth-order valence-electron chi connectivity index (χ4n) is 2.00. The van der Waals surface area contributed by atoms with Gasteiger partial charge in [-0.05, 0) is 35.6 Å². The molecule has 1 aromatic rings. The zero-order valence-electron chi connectivity index (χ0n) is 10.0. The maximum absolute atomic E-state index is 2.35. The van der Waals surface area contributed by atoms with E-state index < -0.39 is 0 Å². The van der Waals surface area contributed by atoms with Crippen LogP contribution >= 0.6 is 0 Å². The van der Waals surface area contributed by atoms with Crippen molar-refractivity contribution in [1.29, 1.82) is 0 Å². The molecule has 1 aliphatic carbocycles. The van der Waals surface area contributed by atoms with Crippen molar-refractivity contribution in [3.63, 3.8) is 0 Å². The van der Waals surface area contributed by atoms with Crippen molar-refractivity contribution >= 4 is 11.8 Å². The van der Waals surface area contributed by atoms with Crippen LogP contribution < -0.4 is 4.90 Å². The molecule has 0 fully saturated rings. The summed E-state index contributed by atoms with van der Waals surface area (Å²) < 4.78 is 0. The molecule has 15 heavy (non-hydrogen) atoms. The van der Waals surface area contributed by atoms with Gasteiger partial charge in [0.25, 0.3) is 0 Å². The van der Waals surface area contributed by atoms with Gasteiger partial charge in [-0.15, -0.1) is 0 Å². The van der Waals surface area contributed by atoms with Crippen molar-refractivity contribution in [2.24, 2.45) is 5.92 Å². The van der Waals surface area contributed by atoms with E-state index in [4.69, 9.17) is 0 Å². The second kappa shape index (κ2) is 3.73. The first-order valence-corrected chi connectivity index (χ1v) is 5.58. The molecular weight excluding hydrogens is 182 g/mol. The summed E-state index contributed by atoms with van der Waals surface area (Å²) >= 11 is 0. The van der Waals surface area contributed by atoms with Crippen molar-refractivity contribution in [1.82, 2.24) is 0 Å². The fourth-order valence-corrected chi connectivity index (χ4v) is 2.00. The highest BCUT2D eigenvalue weighted by atomic mass is 15.1. The summed E-state index contributed by atoms with van der Waals surface area (Å²) in [5.41, 5.74) is 5.73. The smallest absolute Gasteiger partial charge is 0.0367 e. The van der Waals surface area contributed by atoms with Crippen LogP contribution in [0.3, 0.4) is 0 Å². The first-order chi connectivity index (χ1) is 7.08. The Hall–Kier alpha value is -1.24. The van der Waals surface area contributed by atoms with E-state index in [1.54, 1.807) is 5.57 Å². The fraction of sp³-hybridized carbons (Fsp3) is 0.429. The first-order valence-electron chi connectivity index (χ1n) is 5.58. The Morgan fingerprint density at radius 1 is 1.20 bits per heavy atom. The van der Waals surface area contributed by atoms with Crippen molar-refractivity contribution in [3.8, 4) is 0 Å². The summed E-state index contributed by atoms with van der Waals surface area (Å²) in [4.78, 5) is 2.15. The van der Waals surface area contributed by atoms with Crippen LogP contribution in [0.2, 0.25) is 0 Å². The Balaban J connectivity index is 2.34. The SMILES string of the molecule is CC(C)C1=Cc2cc(N(C)C)ccc2C1. The van der Waals surface area contributed by atoms with Crippen molar-refractivity contribution < 1.29 is 0 Å². The summed E-state index contributed by atoms with van der Waals surface area (Å²) in [6.45, 7) is 4.54. The highest BCUT2D eigenvalue weighted by Gasteiger charge is 2.15. The monoisotopic (exact) mass is 201 g/mol. The van der Waals surface area contributed by atoms with Gasteiger partial charge in [-0.2, -0.15) is 0 Å². The highest BCUT2D eigenvalue weighted by molar-refractivity contribution is 5.68.